The highest BCUT2D eigenvalue weighted by atomic mass is 16.5. The fraction of sp³-hybridized carbons (Fsp3) is 0.417. The molecule has 1 aromatic rings. The Hall–Kier alpha value is -1.51. The van der Waals surface area contributed by atoms with Gasteiger partial charge in [-0.1, -0.05) is 18.2 Å². The van der Waals surface area contributed by atoms with Crippen LogP contribution in [0, 0.1) is 0 Å². The number of aryl methyl sites for hydroxylation is 1. The van der Waals surface area contributed by atoms with Gasteiger partial charge in [0.25, 0.3) is 0 Å². The van der Waals surface area contributed by atoms with Crippen LogP contribution >= 0.6 is 0 Å². The third-order valence-electron chi connectivity index (χ3n) is 2.62. The summed E-state index contributed by atoms with van der Waals surface area (Å²) < 4.78 is 10.2. The Balaban J connectivity index is 2.09. The smallest absolute Gasteiger partial charge is 0.305 e. The van der Waals surface area contributed by atoms with Crippen molar-refractivity contribution >= 4 is 5.97 Å². The van der Waals surface area contributed by atoms with Gasteiger partial charge in [-0.2, -0.15) is 0 Å². The number of para-hydroxylation sites is 1. The van der Waals surface area contributed by atoms with Crippen molar-refractivity contribution in [2.75, 3.05) is 13.7 Å². The molecule has 15 heavy (non-hydrogen) atoms. The van der Waals surface area contributed by atoms with Crippen LogP contribution in [0.15, 0.2) is 18.2 Å². The van der Waals surface area contributed by atoms with Crippen LogP contribution in [0.5, 0.6) is 5.75 Å². The first-order chi connectivity index (χ1) is 7.31. The Labute approximate surface area is 89.0 Å². The van der Waals surface area contributed by atoms with Crippen LogP contribution in [0.1, 0.15) is 17.5 Å². The minimum atomic E-state index is -0.175. The largest absolute Gasteiger partial charge is 0.493 e. The van der Waals surface area contributed by atoms with Gasteiger partial charge in [0.1, 0.15) is 5.75 Å². The fourth-order valence-corrected chi connectivity index (χ4v) is 1.82. The number of esters is 1. The van der Waals surface area contributed by atoms with Gasteiger partial charge in [-0.3, -0.25) is 4.79 Å². The molecular weight excluding hydrogens is 192 g/mol. The molecule has 0 spiro atoms. The first kappa shape index (κ1) is 10.0. The topological polar surface area (TPSA) is 35.5 Å². The molecule has 0 N–H and O–H groups in total. The van der Waals surface area contributed by atoms with Gasteiger partial charge in [0.2, 0.25) is 0 Å². The number of fused-ring (bicyclic) bond motifs is 1. The minimum Gasteiger partial charge on any atom is -0.493 e. The molecule has 1 aliphatic rings. The summed E-state index contributed by atoms with van der Waals surface area (Å²) in [6, 6.07) is 6.09. The summed E-state index contributed by atoms with van der Waals surface area (Å²) in [5, 5.41) is 0. The summed E-state index contributed by atoms with van der Waals surface area (Å²) in [6.07, 6.45) is 2.08. The summed E-state index contributed by atoms with van der Waals surface area (Å²) in [4.78, 5) is 11.0. The Morgan fingerprint density at radius 3 is 3.20 bits per heavy atom. The number of hydrogen-bond acceptors (Lipinski definition) is 3. The number of carbonyl (C=O) groups excluding carboxylic acids is 1. The Kier molecular flexibility index (Phi) is 2.90. The van der Waals surface area contributed by atoms with E-state index in [-0.39, 0.29) is 5.97 Å². The maximum absolute atomic E-state index is 11.0. The van der Waals surface area contributed by atoms with E-state index in [1.165, 1.54) is 12.7 Å². The summed E-state index contributed by atoms with van der Waals surface area (Å²) in [7, 11) is 1.41. The van der Waals surface area contributed by atoms with Crippen molar-refractivity contribution in [2.45, 2.75) is 19.3 Å². The molecule has 2 rings (SSSR count). The summed E-state index contributed by atoms with van der Waals surface area (Å²) in [5.74, 6) is 0.798. The molecule has 0 aromatic heterocycles. The van der Waals surface area contributed by atoms with Crippen LogP contribution in [0.3, 0.4) is 0 Å². The SMILES string of the molecule is COC(=O)CCc1cccc2c1OCC2. The zero-order valence-corrected chi connectivity index (χ0v) is 8.79. The second-order valence-corrected chi connectivity index (χ2v) is 3.58. The third kappa shape index (κ3) is 2.12. The number of rotatable bonds is 3. The first-order valence-electron chi connectivity index (χ1n) is 5.11. The van der Waals surface area contributed by atoms with Crippen molar-refractivity contribution in [3.63, 3.8) is 0 Å². The normalized spacial score (nSPS) is 13.1. The lowest BCUT2D eigenvalue weighted by molar-refractivity contribution is -0.140. The number of hydrogen-bond donors (Lipinski definition) is 0. The molecule has 3 nitrogen and oxygen atoms in total. The van der Waals surface area contributed by atoms with Gasteiger partial charge in [0.05, 0.1) is 13.7 Å². The van der Waals surface area contributed by atoms with Crippen LogP contribution in [0.4, 0.5) is 0 Å². The number of carbonyl (C=O) groups is 1. The van der Waals surface area contributed by atoms with E-state index >= 15 is 0 Å². The quantitative estimate of drug-likeness (QED) is 0.706. The van der Waals surface area contributed by atoms with E-state index in [9.17, 15) is 4.79 Å². The van der Waals surface area contributed by atoms with Crippen molar-refractivity contribution in [2.24, 2.45) is 0 Å². The molecule has 1 heterocycles. The molecule has 0 unspecified atom stereocenters. The molecule has 80 valence electrons. The first-order valence-corrected chi connectivity index (χ1v) is 5.11. The summed E-state index contributed by atoms with van der Waals surface area (Å²) >= 11 is 0. The van der Waals surface area contributed by atoms with E-state index in [0.717, 1.165) is 24.3 Å². The second kappa shape index (κ2) is 4.34. The van der Waals surface area contributed by atoms with E-state index in [0.29, 0.717) is 12.8 Å². The van der Waals surface area contributed by atoms with Gasteiger partial charge in [-0.25, -0.2) is 0 Å². The lowest BCUT2D eigenvalue weighted by atomic mass is 10.0. The van der Waals surface area contributed by atoms with E-state index in [1.54, 1.807) is 0 Å². The molecule has 0 fully saturated rings. The van der Waals surface area contributed by atoms with Crippen LogP contribution in [-0.2, 0) is 22.4 Å². The van der Waals surface area contributed by atoms with Crippen molar-refractivity contribution in [1.82, 2.24) is 0 Å². The number of methoxy groups -OCH3 is 1. The minimum absolute atomic E-state index is 0.175. The van der Waals surface area contributed by atoms with Gasteiger partial charge in [0, 0.05) is 12.8 Å². The summed E-state index contributed by atoms with van der Waals surface area (Å²) in [6.45, 7) is 0.755. The molecule has 0 bridgehead atoms. The molecule has 3 heteroatoms. The van der Waals surface area contributed by atoms with Crippen LogP contribution in [-0.4, -0.2) is 19.7 Å². The maximum atomic E-state index is 11.0. The zero-order valence-electron chi connectivity index (χ0n) is 8.79. The van der Waals surface area contributed by atoms with E-state index in [2.05, 4.69) is 10.8 Å². The molecular formula is C12H14O3. The maximum Gasteiger partial charge on any atom is 0.305 e. The fourth-order valence-electron chi connectivity index (χ4n) is 1.82. The molecule has 0 radical (unpaired) electrons. The van der Waals surface area contributed by atoms with E-state index in [1.807, 2.05) is 12.1 Å². The highest BCUT2D eigenvalue weighted by molar-refractivity contribution is 5.69. The van der Waals surface area contributed by atoms with Gasteiger partial charge in [-0.05, 0) is 17.5 Å². The molecule has 1 aromatic carbocycles. The average molecular weight is 206 g/mol. The molecule has 0 amide bonds. The Bertz CT molecular complexity index is 371. The monoisotopic (exact) mass is 206 g/mol. The average Bonchev–Trinajstić information content (AvgIpc) is 2.74. The Morgan fingerprint density at radius 1 is 1.53 bits per heavy atom. The van der Waals surface area contributed by atoms with Crippen LogP contribution in [0.2, 0.25) is 0 Å². The standard InChI is InChI=1S/C12H14O3/c1-14-11(13)6-5-9-3-2-4-10-7-8-15-12(9)10/h2-4H,5-8H2,1H3. The zero-order chi connectivity index (χ0) is 10.7. The van der Waals surface area contributed by atoms with Crippen LogP contribution < -0.4 is 4.74 Å². The number of ether oxygens (including phenoxy) is 2. The lowest BCUT2D eigenvalue weighted by Crippen LogP contribution is -2.02. The molecule has 0 saturated heterocycles. The van der Waals surface area contributed by atoms with Gasteiger partial charge in [0.15, 0.2) is 0 Å². The van der Waals surface area contributed by atoms with Crippen molar-refractivity contribution in [1.29, 1.82) is 0 Å². The second-order valence-electron chi connectivity index (χ2n) is 3.58. The summed E-state index contributed by atoms with van der Waals surface area (Å²) in [5.41, 5.74) is 2.35. The van der Waals surface area contributed by atoms with Gasteiger partial charge < -0.3 is 9.47 Å². The predicted molar refractivity (Wildman–Crippen MR) is 56.0 cm³/mol. The van der Waals surface area contributed by atoms with Crippen molar-refractivity contribution in [3.05, 3.63) is 29.3 Å². The van der Waals surface area contributed by atoms with E-state index < -0.39 is 0 Å². The number of benzene rings is 1. The van der Waals surface area contributed by atoms with Crippen molar-refractivity contribution in [3.8, 4) is 5.75 Å². The van der Waals surface area contributed by atoms with Gasteiger partial charge in [-0.15, -0.1) is 0 Å². The highest BCUT2D eigenvalue weighted by Gasteiger charge is 2.16. The third-order valence-corrected chi connectivity index (χ3v) is 2.62. The van der Waals surface area contributed by atoms with Crippen LogP contribution in [0.25, 0.3) is 0 Å². The molecule has 0 saturated carbocycles. The Morgan fingerprint density at radius 2 is 2.40 bits per heavy atom. The lowest BCUT2D eigenvalue weighted by Gasteiger charge is -2.06. The van der Waals surface area contributed by atoms with Crippen molar-refractivity contribution < 1.29 is 14.3 Å². The molecule has 0 aliphatic carbocycles. The molecule has 0 atom stereocenters. The highest BCUT2D eigenvalue weighted by Crippen LogP contribution is 2.30. The van der Waals surface area contributed by atoms with E-state index in [4.69, 9.17) is 4.74 Å². The van der Waals surface area contributed by atoms with Gasteiger partial charge >= 0.3 is 5.97 Å². The molecule has 1 aliphatic heterocycles. The predicted octanol–water partition coefficient (Wildman–Crippen LogP) is 1.73.